The first kappa shape index (κ1) is 30.9. The number of carbonyl (C=O) groups is 4. The molecule has 2 aromatic rings. The molecule has 14 nitrogen and oxygen atoms in total. The number of ether oxygens (including phenoxy) is 1. The van der Waals surface area contributed by atoms with Gasteiger partial charge in [0.15, 0.2) is 0 Å². The zero-order valence-corrected chi connectivity index (χ0v) is 29.4. The van der Waals surface area contributed by atoms with E-state index in [0.29, 0.717) is 22.5 Å². The van der Waals surface area contributed by atoms with Gasteiger partial charge >= 0.3 is 0 Å². The minimum atomic E-state index is -1.89. The minimum absolute atomic E-state index is 0.106. The molecule has 8 saturated heterocycles. The van der Waals surface area contributed by atoms with Gasteiger partial charge in [-0.3, -0.25) is 29.0 Å². The molecular formula is C31H30N6O8S4. The van der Waals surface area contributed by atoms with Crippen molar-refractivity contribution in [2.45, 2.75) is 54.9 Å². The summed E-state index contributed by atoms with van der Waals surface area (Å²) in [6.45, 7) is -0.769. The Morgan fingerprint density at radius 2 is 1.12 bits per heavy atom. The molecule has 0 aliphatic carbocycles. The van der Waals surface area contributed by atoms with Crippen LogP contribution in [0.2, 0.25) is 0 Å². The van der Waals surface area contributed by atoms with E-state index in [4.69, 9.17) is 4.74 Å². The first-order chi connectivity index (χ1) is 23.5. The first-order valence-electron chi connectivity index (χ1n) is 15.6. The number of hydrogen-bond acceptors (Lipinski definition) is 14. The predicted molar refractivity (Wildman–Crippen MR) is 183 cm³/mol. The monoisotopic (exact) mass is 742 g/mol. The van der Waals surface area contributed by atoms with Crippen LogP contribution < -0.4 is 10.6 Å². The van der Waals surface area contributed by atoms with Gasteiger partial charge in [-0.05, 0) is 66.4 Å². The Labute approximate surface area is 295 Å². The third-order valence-electron chi connectivity index (χ3n) is 12.3. The van der Waals surface area contributed by atoms with Gasteiger partial charge in [-0.1, -0.05) is 36.4 Å². The number of piperazine rings is 2. The zero-order chi connectivity index (χ0) is 34.3. The molecule has 0 aromatic heterocycles. The molecule has 12 rings (SSSR count). The van der Waals surface area contributed by atoms with E-state index in [-0.39, 0.29) is 6.61 Å². The van der Waals surface area contributed by atoms with Crippen molar-refractivity contribution in [3.8, 4) is 0 Å². The van der Waals surface area contributed by atoms with Crippen molar-refractivity contribution in [1.29, 1.82) is 0 Å². The number of carbonyl (C=O) groups excluding carboxylic acids is 4. The number of anilines is 2. The van der Waals surface area contributed by atoms with E-state index in [1.807, 2.05) is 18.2 Å². The van der Waals surface area contributed by atoms with E-state index in [0.717, 1.165) is 43.2 Å². The van der Waals surface area contributed by atoms with E-state index in [9.17, 15) is 34.5 Å². The summed E-state index contributed by atoms with van der Waals surface area (Å²) in [4.78, 5) is 57.7. The highest BCUT2D eigenvalue weighted by Crippen LogP contribution is 2.78. The third kappa shape index (κ3) is 2.68. The van der Waals surface area contributed by atoms with Gasteiger partial charge in [-0.25, -0.2) is 0 Å². The molecule has 4 unspecified atom stereocenters. The molecule has 10 aliphatic heterocycles. The number of likely N-dealkylation sites (N-methyl/N-ethyl adjacent to an activating group) is 2. The highest BCUT2D eigenvalue weighted by atomic mass is 33.1. The van der Waals surface area contributed by atoms with Gasteiger partial charge in [-0.15, -0.1) is 0 Å². The number of aliphatic hydroxyl groups excluding tert-OH is 3. The summed E-state index contributed by atoms with van der Waals surface area (Å²) in [5.41, 5.74) is -1.28. The van der Waals surface area contributed by atoms with Crippen molar-refractivity contribution in [2.75, 3.05) is 45.1 Å². The lowest BCUT2D eigenvalue weighted by Crippen LogP contribution is -2.79. The number of hydrogen-bond donors (Lipinski definition) is 5. The maximum atomic E-state index is 15.0. The van der Waals surface area contributed by atoms with Crippen LogP contribution in [0.1, 0.15) is 11.1 Å². The molecule has 256 valence electrons. The lowest BCUT2D eigenvalue weighted by molar-refractivity contribution is -0.170. The number of amides is 4. The lowest BCUT2D eigenvalue weighted by Gasteiger charge is -2.58. The van der Waals surface area contributed by atoms with Gasteiger partial charge < -0.3 is 40.5 Å². The smallest absolute Gasteiger partial charge is 0.265 e. The number of benzene rings is 2. The molecule has 10 aliphatic rings. The molecule has 0 radical (unpaired) electrons. The summed E-state index contributed by atoms with van der Waals surface area (Å²) >= 11 is 0. The Bertz CT molecular complexity index is 1960. The Kier molecular flexibility index (Phi) is 5.77. The summed E-state index contributed by atoms with van der Waals surface area (Å²) < 4.78 is 5.52. The maximum Gasteiger partial charge on any atom is 0.265 e. The highest BCUT2D eigenvalue weighted by molar-refractivity contribution is 8.78. The fourth-order valence-corrected chi connectivity index (χ4v) is 17.7. The summed E-state index contributed by atoms with van der Waals surface area (Å²) in [7, 11) is 8.75. The standard InChI is InChI=1S/C31H30N6O8S4/c1-34-24(43)30-18(39)28(14-8-4-6-10-16(14)32-20(28)36(30)22(41)26(34,12-38)46-48-30)29-15-9-5-7-11-17(15)33-21(29)37-23(42)27(13-45-3)35(2)25(44)31(37,19(29)40)49-47-27/h4-11,18-21,32-33,38-40H,12-13H2,1-3H3/t18?,19?,20-,21-,26-,27-,28?,29?,30-,31-/m0/s1. The Hall–Kier alpha value is -2.84. The summed E-state index contributed by atoms with van der Waals surface area (Å²) in [6.07, 6.45) is -5.64. The van der Waals surface area contributed by atoms with Crippen LogP contribution >= 0.6 is 43.2 Å². The summed E-state index contributed by atoms with van der Waals surface area (Å²) in [5.74, 6) is -2.09. The Morgan fingerprint density at radius 3 is 1.59 bits per heavy atom. The van der Waals surface area contributed by atoms with Gasteiger partial charge in [0.05, 0.1) is 24.0 Å². The number of rotatable bonds is 4. The van der Waals surface area contributed by atoms with Crippen LogP contribution in [0.5, 0.6) is 0 Å². The zero-order valence-electron chi connectivity index (χ0n) is 26.1. The molecule has 5 N–H and O–H groups in total. The van der Waals surface area contributed by atoms with Crippen molar-refractivity contribution >= 4 is 78.2 Å². The Balaban J connectivity index is 1.33. The van der Waals surface area contributed by atoms with Gasteiger partial charge in [0.1, 0.15) is 24.5 Å². The molecular weight excluding hydrogens is 713 g/mol. The molecule has 49 heavy (non-hydrogen) atoms. The number of nitrogens with zero attached hydrogens (tertiary/aromatic N) is 4. The SMILES string of the molecule is COC[C@@]12SS[C@]3(C(=O)N1C)C(O)C1(C45c6ccccc6N[C@H]4N4C(=O)[C@]6(CO)SS[C@]4(C(=O)N6C)C5O)c4ccccc4N[C@H]1N3C2=O. The number of para-hydroxylation sites is 2. The average Bonchev–Trinajstić information content (AvgIpc) is 3.76. The van der Waals surface area contributed by atoms with Crippen molar-refractivity contribution in [1.82, 2.24) is 19.6 Å². The van der Waals surface area contributed by atoms with Crippen LogP contribution in [0, 0.1) is 0 Å². The third-order valence-corrected chi connectivity index (χ3v) is 19.5. The fourth-order valence-electron chi connectivity index (χ4n) is 10.2. The minimum Gasteiger partial charge on any atom is -0.392 e. The van der Waals surface area contributed by atoms with Crippen LogP contribution in [-0.2, 0) is 34.7 Å². The topological polar surface area (TPSA) is 175 Å². The quantitative estimate of drug-likeness (QED) is 0.264. The number of methoxy groups -OCH3 is 1. The second-order valence-electron chi connectivity index (χ2n) is 13.7. The van der Waals surface area contributed by atoms with Crippen LogP contribution in [0.4, 0.5) is 11.4 Å². The molecule has 18 heteroatoms. The highest BCUT2D eigenvalue weighted by Gasteiger charge is 2.93. The molecule has 4 bridgehead atoms. The summed E-state index contributed by atoms with van der Waals surface area (Å²) in [5, 5.41) is 44.4. The van der Waals surface area contributed by atoms with Crippen LogP contribution in [-0.4, -0.2) is 137 Å². The van der Waals surface area contributed by atoms with Crippen molar-refractivity contribution in [2.24, 2.45) is 0 Å². The number of nitrogens with one attached hydrogen (secondary N) is 2. The molecule has 0 saturated carbocycles. The van der Waals surface area contributed by atoms with E-state index < -0.39 is 85.1 Å². The number of fused-ring (bicyclic) bond motifs is 11. The van der Waals surface area contributed by atoms with Crippen molar-refractivity contribution in [3.05, 3.63) is 59.7 Å². The molecule has 10 atom stereocenters. The molecule has 4 amide bonds. The molecule has 10 heterocycles. The van der Waals surface area contributed by atoms with E-state index in [1.165, 1.54) is 40.8 Å². The maximum absolute atomic E-state index is 15.0. The van der Waals surface area contributed by atoms with Gasteiger partial charge in [0.2, 0.25) is 19.5 Å². The first-order valence-corrected chi connectivity index (χ1v) is 19.9. The second kappa shape index (κ2) is 9.14. The van der Waals surface area contributed by atoms with Crippen LogP contribution in [0.3, 0.4) is 0 Å². The predicted octanol–water partition coefficient (Wildman–Crippen LogP) is -0.0703. The lowest BCUT2D eigenvalue weighted by atomic mass is 9.52. The van der Waals surface area contributed by atoms with Gasteiger partial charge in [-0.2, -0.15) is 0 Å². The number of aliphatic hydroxyl groups is 3. The average molecular weight is 743 g/mol. The Morgan fingerprint density at radius 1 is 0.694 bits per heavy atom. The molecule has 2 spiro atoms. The largest absolute Gasteiger partial charge is 0.392 e. The fraction of sp³-hybridized carbons (Fsp3) is 0.484. The van der Waals surface area contributed by atoms with Crippen LogP contribution in [0.25, 0.3) is 0 Å². The van der Waals surface area contributed by atoms with Crippen molar-refractivity contribution in [3.63, 3.8) is 0 Å². The second-order valence-corrected chi connectivity index (χ2v) is 19.0. The van der Waals surface area contributed by atoms with Gasteiger partial charge in [0, 0.05) is 32.6 Å². The summed E-state index contributed by atoms with van der Waals surface area (Å²) in [6, 6.07) is 14.4. The van der Waals surface area contributed by atoms with E-state index >= 15 is 0 Å². The molecule has 8 fully saturated rings. The van der Waals surface area contributed by atoms with E-state index in [1.54, 1.807) is 30.3 Å². The normalized spacial score (nSPS) is 44.9. The van der Waals surface area contributed by atoms with Crippen LogP contribution in [0.15, 0.2) is 48.5 Å². The van der Waals surface area contributed by atoms with Gasteiger partial charge in [0.25, 0.3) is 23.6 Å². The molecule has 2 aromatic carbocycles. The van der Waals surface area contributed by atoms with E-state index in [2.05, 4.69) is 10.6 Å². The van der Waals surface area contributed by atoms with Crippen molar-refractivity contribution < 1.29 is 39.2 Å².